The number of carboxylic acid groups (broad SMARTS) is 1. The summed E-state index contributed by atoms with van der Waals surface area (Å²) in [6.45, 7) is 0. The van der Waals surface area contributed by atoms with Crippen LogP contribution in [0.4, 0.5) is 24.8 Å². The number of nitrogen functional groups attached to an aromatic ring is 1. The zero-order valence-electron chi connectivity index (χ0n) is 19.7. The molecule has 0 saturated heterocycles. The first-order valence-electron chi connectivity index (χ1n) is 11.9. The summed E-state index contributed by atoms with van der Waals surface area (Å²) in [6.07, 6.45) is 1.28. The summed E-state index contributed by atoms with van der Waals surface area (Å²) >= 11 is 0. The van der Waals surface area contributed by atoms with Crippen molar-refractivity contribution in [2.24, 2.45) is 17.8 Å². The van der Waals surface area contributed by atoms with Gasteiger partial charge < -0.3 is 16.2 Å². The Morgan fingerprint density at radius 2 is 1.76 bits per heavy atom. The maximum absolute atomic E-state index is 13.0. The molecular weight excluding hydrogens is 501 g/mol. The maximum atomic E-state index is 13.0. The number of halogens is 3. The van der Waals surface area contributed by atoms with Crippen molar-refractivity contribution in [2.45, 2.75) is 24.9 Å². The van der Waals surface area contributed by atoms with Crippen molar-refractivity contribution in [1.29, 1.82) is 0 Å². The van der Waals surface area contributed by atoms with Crippen LogP contribution in [0.25, 0.3) is 16.8 Å². The molecule has 0 spiro atoms. The molecule has 6 rings (SSSR count). The van der Waals surface area contributed by atoms with E-state index in [1.165, 1.54) is 12.1 Å². The van der Waals surface area contributed by atoms with Gasteiger partial charge in [-0.25, -0.2) is 15.0 Å². The van der Waals surface area contributed by atoms with Crippen molar-refractivity contribution in [1.82, 2.24) is 19.4 Å². The van der Waals surface area contributed by atoms with Crippen LogP contribution in [-0.4, -0.2) is 36.3 Å². The third-order valence-corrected chi connectivity index (χ3v) is 7.46. The smallest absolute Gasteiger partial charge is 0.416 e. The second kappa shape index (κ2) is 8.54. The van der Waals surface area contributed by atoms with Crippen molar-refractivity contribution in [3.05, 3.63) is 71.9 Å². The Kier molecular flexibility index (Phi) is 5.37. The number of rotatable bonds is 5. The number of aliphatic carboxylic acids is 1. The number of imidazole rings is 1. The second-order valence-electron chi connectivity index (χ2n) is 9.67. The molecule has 2 aliphatic rings. The fourth-order valence-corrected chi connectivity index (χ4v) is 5.64. The molecule has 3 heterocycles. The number of nitrogens with zero attached hydrogens (tertiary/aromatic N) is 4. The minimum atomic E-state index is -4.55. The molecule has 0 aliphatic heterocycles. The van der Waals surface area contributed by atoms with E-state index in [0.29, 0.717) is 16.8 Å². The summed E-state index contributed by atoms with van der Waals surface area (Å²) in [4.78, 5) is 36.9. The molecule has 0 bridgehead atoms. The summed E-state index contributed by atoms with van der Waals surface area (Å²) in [7, 11) is 0. The number of nitrogens with two attached hydrogens (primary N) is 1. The van der Waals surface area contributed by atoms with Gasteiger partial charge in [-0.2, -0.15) is 13.2 Å². The number of hydrogen-bond acceptors (Lipinski definition) is 6. The van der Waals surface area contributed by atoms with Crippen LogP contribution in [0.2, 0.25) is 0 Å². The number of amides is 1. The molecule has 4 atom stereocenters. The molecule has 0 radical (unpaired) electrons. The SMILES string of the molecule is Nc1nccn2c(C3C[C@@H]4[C@H](C3)[C@@H]4C(=O)O)nc(-c3ccc(C(=O)Nc4cc(C(F)(F)F)ccn4)cc3)c12. The first kappa shape index (κ1) is 23.9. The predicted molar refractivity (Wildman–Crippen MR) is 130 cm³/mol. The van der Waals surface area contributed by atoms with Crippen LogP contribution in [-0.2, 0) is 11.0 Å². The Bertz CT molecular complexity index is 1570. The van der Waals surface area contributed by atoms with Crippen LogP contribution in [0.5, 0.6) is 0 Å². The lowest BCUT2D eigenvalue weighted by molar-refractivity contribution is -0.139. The minimum Gasteiger partial charge on any atom is -0.481 e. The second-order valence-corrected chi connectivity index (χ2v) is 9.67. The number of hydrogen-bond donors (Lipinski definition) is 3. The van der Waals surface area contributed by atoms with Gasteiger partial charge in [-0.1, -0.05) is 12.1 Å². The molecule has 1 amide bonds. The molecule has 9 nitrogen and oxygen atoms in total. The molecule has 12 heteroatoms. The number of anilines is 2. The topological polar surface area (TPSA) is 136 Å². The Morgan fingerprint density at radius 3 is 2.42 bits per heavy atom. The van der Waals surface area contributed by atoms with Gasteiger partial charge in [0.05, 0.1) is 11.5 Å². The summed E-state index contributed by atoms with van der Waals surface area (Å²) in [5.41, 5.74) is 7.38. The van der Waals surface area contributed by atoms with E-state index in [-0.39, 0.29) is 40.9 Å². The highest BCUT2D eigenvalue weighted by Crippen LogP contribution is 2.62. The third kappa shape index (κ3) is 4.01. The van der Waals surface area contributed by atoms with E-state index in [4.69, 9.17) is 10.7 Å². The van der Waals surface area contributed by atoms with Crippen LogP contribution in [0.15, 0.2) is 55.0 Å². The van der Waals surface area contributed by atoms with Gasteiger partial charge >= 0.3 is 12.1 Å². The fraction of sp³-hybridized carbons (Fsp3) is 0.269. The van der Waals surface area contributed by atoms with E-state index in [2.05, 4.69) is 15.3 Å². The number of carbonyl (C=O) groups excluding carboxylic acids is 1. The van der Waals surface area contributed by atoms with Crippen molar-refractivity contribution < 1.29 is 27.9 Å². The number of fused-ring (bicyclic) bond motifs is 2. The van der Waals surface area contributed by atoms with Crippen molar-refractivity contribution in [2.75, 3.05) is 11.1 Å². The first-order valence-corrected chi connectivity index (χ1v) is 11.9. The minimum absolute atomic E-state index is 0.0914. The number of carbonyl (C=O) groups is 2. The van der Waals surface area contributed by atoms with E-state index < -0.39 is 23.6 Å². The molecule has 194 valence electrons. The van der Waals surface area contributed by atoms with Gasteiger partial charge in [0, 0.05) is 35.6 Å². The van der Waals surface area contributed by atoms with Gasteiger partial charge in [0.1, 0.15) is 28.7 Å². The van der Waals surface area contributed by atoms with Crippen LogP contribution in [0.3, 0.4) is 0 Å². The molecule has 4 N–H and O–H groups in total. The van der Waals surface area contributed by atoms with Crippen molar-refractivity contribution >= 4 is 29.0 Å². The first-order chi connectivity index (χ1) is 18.1. The van der Waals surface area contributed by atoms with E-state index in [1.54, 1.807) is 24.5 Å². The predicted octanol–water partition coefficient (Wildman–Crippen LogP) is 4.47. The Balaban J connectivity index is 1.26. The lowest BCUT2D eigenvalue weighted by atomic mass is 9.99. The van der Waals surface area contributed by atoms with Gasteiger partial charge in [0.25, 0.3) is 5.91 Å². The van der Waals surface area contributed by atoms with Gasteiger partial charge in [-0.15, -0.1) is 0 Å². The molecule has 2 saturated carbocycles. The van der Waals surface area contributed by atoms with Gasteiger partial charge in [-0.05, 0) is 48.9 Å². The largest absolute Gasteiger partial charge is 0.481 e. The molecular formula is C26H21F3N6O3. The number of alkyl halides is 3. The zero-order chi connectivity index (χ0) is 26.8. The highest BCUT2D eigenvalue weighted by atomic mass is 19.4. The fourth-order valence-electron chi connectivity index (χ4n) is 5.64. The Morgan fingerprint density at radius 1 is 1.05 bits per heavy atom. The summed E-state index contributed by atoms with van der Waals surface area (Å²) in [5.74, 6) is -0.345. The normalized spacial score (nSPS) is 22.3. The number of benzene rings is 1. The lowest BCUT2D eigenvalue weighted by Gasteiger charge is -2.12. The Hall–Kier alpha value is -4.48. The highest BCUT2D eigenvalue weighted by Gasteiger charge is 2.60. The summed E-state index contributed by atoms with van der Waals surface area (Å²) < 4.78 is 40.8. The van der Waals surface area contributed by atoms with E-state index in [9.17, 15) is 27.9 Å². The third-order valence-electron chi connectivity index (χ3n) is 7.46. The zero-order valence-corrected chi connectivity index (χ0v) is 19.7. The van der Waals surface area contributed by atoms with Gasteiger partial charge in [0.15, 0.2) is 0 Å². The standard InChI is InChI=1S/C26H21F3N6O3/c27-26(28,29)15-5-6-31-18(11-15)33-24(36)13-3-1-12(2-4-13)20-21-22(30)32-7-8-35(21)23(34-20)14-9-16-17(10-14)19(16)25(37)38/h1-8,11,14,16-17,19H,9-10H2,(H2,30,32)(H,37,38)(H,31,33,36)/t14?,16-,17+,19-. The summed E-state index contributed by atoms with van der Waals surface area (Å²) in [6, 6.07) is 8.04. The van der Waals surface area contributed by atoms with Crippen LogP contribution >= 0.6 is 0 Å². The van der Waals surface area contributed by atoms with Crippen molar-refractivity contribution in [3.63, 3.8) is 0 Å². The molecule has 2 aliphatic carbocycles. The highest BCUT2D eigenvalue weighted by molar-refractivity contribution is 6.04. The number of nitrogens with one attached hydrogen (secondary N) is 1. The van der Waals surface area contributed by atoms with E-state index in [0.717, 1.165) is 37.0 Å². The van der Waals surface area contributed by atoms with Crippen LogP contribution in [0, 0.1) is 17.8 Å². The average molecular weight is 522 g/mol. The number of carboxylic acids is 1. The molecule has 1 unspecified atom stereocenters. The molecule has 2 fully saturated rings. The molecule has 3 aromatic heterocycles. The summed E-state index contributed by atoms with van der Waals surface area (Å²) in [5, 5.41) is 11.7. The average Bonchev–Trinajstić information content (AvgIpc) is 3.20. The van der Waals surface area contributed by atoms with Gasteiger partial charge in [0.2, 0.25) is 0 Å². The van der Waals surface area contributed by atoms with Gasteiger partial charge in [-0.3, -0.25) is 14.0 Å². The lowest BCUT2D eigenvalue weighted by Crippen LogP contribution is -2.14. The molecule has 38 heavy (non-hydrogen) atoms. The number of pyridine rings is 1. The van der Waals surface area contributed by atoms with E-state index in [1.807, 2.05) is 4.40 Å². The monoisotopic (exact) mass is 522 g/mol. The van der Waals surface area contributed by atoms with Crippen molar-refractivity contribution in [3.8, 4) is 11.3 Å². The number of aromatic nitrogens is 4. The maximum Gasteiger partial charge on any atom is 0.416 e. The quantitative estimate of drug-likeness (QED) is 0.352. The van der Waals surface area contributed by atoms with E-state index >= 15 is 0 Å². The van der Waals surface area contributed by atoms with Crippen LogP contribution in [0.1, 0.15) is 40.5 Å². The molecule has 1 aromatic carbocycles. The Labute approximate surface area is 213 Å². The molecule has 4 aromatic rings. The van der Waals surface area contributed by atoms with Crippen LogP contribution < -0.4 is 11.1 Å².